The van der Waals surface area contributed by atoms with Crippen LogP contribution in [-0.4, -0.2) is 42.9 Å². The number of hydrogen-bond acceptors (Lipinski definition) is 4. The summed E-state index contributed by atoms with van der Waals surface area (Å²) in [5, 5.41) is 4.06. The lowest BCUT2D eigenvalue weighted by atomic mass is 9.46. The molecule has 2 saturated heterocycles. The van der Waals surface area contributed by atoms with Crippen molar-refractivity contribution >= 4 is 5.82 Å². The van der Waals surface area contributed by atoms with Gasteiger partial charge >= 0.3 is 0 Å². The van der Waals surface area contributed by atoms with Crippen LogP contribution in [0.4, 0.5) is 5.82 Å². The molecule has 3 unspecified atom stereocenters. The van der Waals surface area contributed by atoms with Gasteiger partial charge in [0.25, 0.3) is 0 Å². The number of nitrogens with one attached hydrogen (secondary N) is 1. The molecule has 1 aromatic heterocycles. The topological polar surface area (TPSA) is 37.4 Å². The van der Waals surface area contributed by atoms with Crippen molar-refractivity contribution in [1.29, 1.82) is 0 Å². The lowest BCUT2D eigenvalue weighted by Gasteiger charge is -2.64. The van der Waals surface area contributed by atoms with Gasteiger partial charge < -0.3 is 15.0 Å². The third-order valence-electron chi connectivity index (χ3n) is 6.92. The molecule has 0 amide bonds. The van der Waals surface area contributed by atoms with E-state index < -0.39 is 0 Å². The predicted octanol–water partition coefficient (Wildman–Crippen LogP) is 2.60. The van der Waals surface area contributed by atoms with E-state index in [0.29, 0.717) is 17.6 Å². The summed E-state index contributed by atoms with van der Waals surface area (Å²) in [5.74, 6) is 1.93. The number of nitrogens with zero attached hydrogens (tertiary/aromatic N) is 2. The summed E-state index contributed by atoms with van der Waals surface area (Å²) in [5.41, 5.74) is 0.513. The SMILES string of the molecule is c1ccc(N2CCC(NC3C4CCOC4C34CCC4)CC2)nc1. The molecule has 4 heteroatoms. The van der Waals surface area contributed by atoms with E-state index in [-0.39, 0.29) is 0 Å². The third kappa shape index (κ3) is 2.14. The third-order valence-corrected chi connectivity index (χ3v) is 6.92. The second kappa shape index (κ2) is 5.45. The standard InChI is InChI=1S/C19H27N3O/c1-2-10-20-16(4-1)22-11-5-14(6-12-22)21-17-15-7-13-23-18(15)19(17)8-3-9-19/h1-2,4,10,14-15,17-18,21H,3,5-9,11-13H2. The summed E-state index contributed by atoms with van der Waals surface area (Å²) in [6, 6.07) is 7.62. The first-order valence-corrected chi connectivity index (χ1v) is 9.40. The zero-order chi connectivity index (χ0) is 15.3. The zero-order valence-corrected chi connectivity index (χ0v) is 13.8. The Labute approximate surface area is 138 Å². The minimum Gasteiger partial charge on any atom is -0.377 e. The van der Waals surface area contributed by atoms with Crippen molar-refractivity contribution in [3.05, 3.63) is 24.4 Å². The van der Waals surface area contributed by atoms with Crippen LogP contribution in [0.1, 0.15) is 38.5 Å². The highest BCUT2D eigenvalue weighted by Crippen LogP contribution is 2.62. The lowest BCUT2D eigenvalue weighted by molar-refractivity contribution is -0.178. The second-order valence-electron chi connectivity index (χ2n) is 7.92. The van der Waals surface area contributed by atoms with Crippen molar-refractivity contribution in [2.24, 2.45) is 11.3 Å². The van der Waals surface area contributed by atoms with E-state index in [1.807, 2.05) is 12.3 Å². The molecule has 4 fully saturated rings. The quantitative estimate of drug-likeness (QED) is 0.931. The van der Waals surface area contributed by atoms with Crippen molar-refractivity contribution < 1.29 is 4.74 Å². The van der Waals surface area contributed by atoms with Gasteiger partial charge in [0.05, 0.1) is 6.10 Å². The molecule has 1 spiro atoms. The molecular weight excluding hydrogens is 286 g/mol. The van der Waals surface area contributed by atoms with Crippen LogP contribution in [0.5, 0.6) is 0 Å². The van der Waals surface area contributed by atoms with Gasteiger partial charge in [0, 0.05) is 49.3 Å². The fraction of sp³-hybridized carbons (Fsp3) is 0.737. The summed E-state index contributed by atoms with van der Waals surface area (Å²) in [7, 11) is 0. The highest BCUT2D eigenvalue weighted by atomic mass is 16.5. The first kappa shape index (κ1) is 14.2. The molecule has 4 aliphatic rings. The Morgan fingerprint density at radius 2 is 2.04 bits per heavy atom. The molecule has 0 radical (unpaired) electrons. The molecule has 2 saturated carbocycles. The number of piperidine rings is 1. The van der Waals surface area contributed by atoms with Gasteiger partial charge in [0.1, 0.15) is 5.82 Å². The van der Waals surface area contributed by atoms with Crippen LogP contribution in [0.25, 0.3) is 0 Å². The van der Waals surface area contributed by atoms with E-state index in [2.05, 4.69) is 27.3 Å². The molecule has 2 aliphatic heterocycles. The predicted molar refractivity (Wildman–Crippen MR) is 90.5 cm³/mol. The van der Waals surface area contributed by atoms with Crippen LogP contribution >= 0.6 is 0 Å². The molecule has 3 heterocycles. The second-order valence-corrected chi connectivity index (χ2v) is 7.92. The van der Waals surface area contributed by atoms with Gasteiger partial charge in [-0.3, -0.25) is 0 Å². The molecule has 1 aromatic rings. The maximum absolute atomic E-state index is 6.05. The van der Waals surface area contributed by atoms with Crippen LogP contribution in [0, 0.1) is 11.3 Å². The minimum absolute atomic E-state index is 0.513. The summed E-state index contributed by atoms with van der Waals surface area (Å²) >= 11 is 0. The van der Waals surface area contributed by atoms with Gasteiger partial charge in [-0.05, 0) is 44.2 Å². The largest absolute Gasteiger partial charge is 0.377 e. The Morgan fingerprint density at radius 3 is 2.74 bits per heavy atom. The van der Waals surface area contributed by atoms with Crippen LogP contribution < -0.4 is 10.2 Å². The Morgan fingerprint density at radius 1 is 1.17 bits per heavy atom. The fourth-order valence-corrected chi connectivity index (χ4v) is 5.56. The highest BCUT2D eigenvalue weighted by Gasteiger charge is 2.66. The molecule has 3 atom stereocenters. The summed E-state index contributed by atoms with van der Waals surface area (Å²) < 4.78 is 6.05. The Kier molecular flexibility index (Phi) is 3.37. The van der Waals surface area contributed by atoms with E-state index in [9.17, 15) is 0 Å². The number of ether oxygens (including phenoxy) is 1. The molecule has 4 nitrogen and oxygen atoms in total. The Bertz CT molecular complexity index is 551. The van der Waals surface area contributed by atoms with Crippen molar-refractivity contribution in [2.45, 2.75) is 56.7 Å². The van der Waals surface area contributed by atoms with E-state index >= 15 is 0 Å². The van der Waals surface area contributed by atoms with E-state index in [1.165, 1.54) is 38.5 Å². The first-order chi connectivity index (χ1) is 11.4. The van der Waals surface area contributed by atoms with Gasteiger partial charge in [0.2, 0.25) is 0 Å². The summed E-state index contributed by atoms with van der Waals surface area (Å²) in [6.45, 7) is 3.24. The van der Waals surface area contributed by atoms with Crippen LogP contribution in [-0.2, 0) is 4.74 Å². The monoisotopic (exact) mass is 313 g/mol. The Balaban J connectivity index is 1.20. The number of hydrogen-bond donors (Lipinski definition) is 1. The smallest absolute Gasteiger partial charge is 0.128 e. The maximum atomic E-state index is 6.05. The number of rotatable bonds is 3. The van der Waals surface area contributed by atoms with Crippen LogP contribution in [0.2, 0.25) is 0 Å². The minimum atomic E-state index is 0.513. The van der Waals surface area contributed by atoms with Crippen LogP contribution in [0.15, 0.2) is 24.4 Å². The van der Waals surface area contributed by atoms with Crippen LogP contribution in [0.3, 0.4) is 0 Å². The van der Waals surface area contributed by atoms with Gasteiger partial charge in [-0.15, -0.1) is 0 Å². The molecular formula is C19H27N3O. The first-order valence-electron chi connectivity index (χ1n) is 9.40. The van der Waals surface area contributed by atoms with Crippen molar-refractivity contribution in [3.8, 4) is 0 Å². The van der Waals surface area contributed by atoms with Crippen molar-refractivity contribution in [3.63, 3.8) is 0 Å². The van der Waals surface area contributed by atoms with Gasteiger partial charge in [-0.25, -0.2) is 4.98 Å². The number of fused-ring (bicyclic) bond motifs is 2. The molecule has 0 bridgehead atoms. The molecule has 124 valence electrons. The highest BCUT2D eigenvalue weighted by molar-refractivity contribution is 5.38. The zero-order valence-electron chi connectivity index (χ0n) is 13.8. The van der Waals surface area contributed by atoms with Gasteiger partial charge in [-0.1, -0.05) is 12.5 Å². The van der Waals surface area contributed by atoms with E-state index in [0.717, 1.165) is 37.5 Å². The van der Waals surface area contributed by atoms with Crippen molar-refractivity contribution in [2.75, 3.05) is 24.6 Å². The molecule has 2 aliphatic carbocycles. The maximum Gasteiger partial charge on any atom is 0.128 e. The normalized spacial score (nSPS) is 35.7. The number of anilines is 1. The number of pyridine rings is 1. The average molecular weight is 313 g/mol. The summed E-state index contributed by atoms with van der Waals surface area (Å²) in [4.78, 5) is 6.92. The molecule has 5 rings (SSSR count). The molecule has 1 N–H and O–H groups in total. The Hall–Kier alpha value is -1.13. The van der Waals surface area contributed by atoms with Gasteiger partial charge in [-0.2, -0.15) is 0 Å². The average Bonchev–Trinajstić information content (AvgIpc) is 2.98. The van der Waals surface area contributed by atoms with Gasteiger partial charge in [0.15, 0.2) is 0 Å². The van der Waals surface area contributed by atoms with E-state index in [4.69, 9.17) is 4.74 Å². The fourth-order valence-electron chi connectivity index (χ4n) is 5.56. The van der Waals surface area contributed by atoms with E-state index in [1.54, 1.807) is 0 Å². The lowest BCUT2D eigenvalue weighted by Crippen LogP contribution is -2.72. The molecule has 0 aromatic carbocycles. The van der Waals surface area contributed by atoms with Crippen molar-refractivity contribution in [1.82, 2.24) is 10.3 Å². The summed E-state index contributed by atoms with van der Waals surface area (Å²) in [6.07, 6.45) is 10.4. The molecule has 23 heavy (non-hydrogen) atoms. The number of aromatic nitrogens is 1.